The minimum Gasteiger partial charge on any atom is -0.394 e. The van der Waals surface area contributed by atoms with E-state index in [2.05, 4.69) is 30.3 Å². The number of fused-ring (bicyclic) bond motifs is 1. The highest BCUT2D eigenvalue weighted by Gasteiger charge is 2.55. The second-order valence-electron chi connectivity index (χ2n) is 5.32. The summed E-state index contributed by atoms with van der Waals surface area (Å²) in [5.74, 6) is 0.495. The minimum atomic E-state index is -1.93. The maximum absolute atomic E-state index is 10.6. The number of hydrogen-bond donors (Lipinski definition) is 4. The van der Waals surface area contributed by atoms with E-state index in [0.717, 1.165) is 0 Å². The number of aromatic nitrogens is 4. The molecule has 0 unspecified atom stereocenters. The molecular weight excluding hydrogens is 320 g/mol. The van der Waals surface area contributed by atoms with Crippen LogP contribution in [0.1, 0.15) is 6.23 Å². The van der Waals surface area contributed by atoms with Gasteiger partial charge in [0.2, 0.25) is 0 Å². The smallest absolute Gasteiger partial charge is 0.167 e. The molecule has 2 aromatic rings. The van der Waals surface area contributed by atoms with E-state index in [0.29, 0.717) is 17.0 Å². The Morgan fingerprint density at radius 1 is 1.50 bits per heavy atom. The molecule has 1 aliphatic rings. The van der Waals surface area contributed by atoms with E-state index in [1.165, 1.54) is 17.2 Å². The standard InChI is InChI=1S/C12H16N8O4/c1-14-9-7-10(16-4-15-9)20(5-17-7)11-8(22)12(23,3-18-19-13)6(2-21)24-11/h4-6,8,11,21-23H,2-3H2,1H3,(H,14,15,16)/t6-,8+,11-,12-/m1/s1. The molecule has 0 amide bonds. The molecule has 12 heteroatoms. The number of hydrogen-bond acceptors (Lipinski definition) is 9. The first-order valence-corrected chi connectivity index (χ1v) is 7.09. The van der Waals surface area contributed by atoms with Crippen LogP contribution in [0.15, 0.2) is 17.8 Å². The quantitative estimate of drug-likeness (QED) is 0.310. The highest BCUT2D eigenvalue weighted by Crippen LogP contribution is 2.38. The lowest BCUT2D eigenvalue weighted by atomic mass is 9.92. The number of nitrogens with zero attached hydrogens (tertiary/aromatic N) is 7. The van der Waals surface area contributed by atoms with Crippen LogP contribution < -0.4 is 5.32 Å². The molecule has 0 radical (unpaired) electrons. The first kappa shape index (κ1) is 16.4. The van der Waals surface area contributed by atoms with Crippen molar-refractivity contribution in [3.05, 3.63) is 23.1 Å². The van der Waals surface area contributed by atoms with E-state index in [4.69, 9.17) is 10.3 Å². The van der Waals surface area contributed by atoms with Crippen LogP contribution in [-0.4, -0.2) is 72.8 Å². The third-order valence-electron chi connectivity index (χ3n) is 4.07. The van der Waals surface area contributed by atoms with Crippen LogP contribution >= 0.6 is 0 Å². The lowest BCUT2D eigenvalue weighted by Gasteiger charge is -2.28. The fourth-order valence-electron chi connectivity index (χ4n) is 2.78. The molecule has 3 rings (SSSR count). The zero-order valence-electron chi connectivity index (χ0n) is 12.7. The second kappa shape index (κ2) is 6.19. The zero-order valence-corrected chi connectivity index (χ0v) is 12.7. The molecular formula is C12H16N8O4. The van der Waals surface area contributed by atoms with Crippen LogP contribution in [0.3, 0.4) is 0 Å². The van der Waals surface area contributed by atoms with Crippen molar-refractivity contribution in [2.75, 3.05) is 25.5 Å². The predicted octanol–water partition coefficient (Wildman–Crippen LogP) is -0.840. The lowest BCUT2D eigenvalue weighted by molar-refractivity contribution is -0.0860. The summed E-state index contributed by atoms with van der Waals surface area (Å²) in [6, 6.07) is 0. The number of anilines is 1. The molecule has 0 aromatic carbocycles. The van der Waals surface area contributed by atoms with Crippen molar-refractivity contribution in [2.24, 2.45) is 5.11 Å². The van der Waals surface area contributed by atoms with Gasteiger partial charge in [0.05, 0.1) is 19.5 Å². The number of ether oxygens (including phenoxy) is 1. The summed E-state index contributed by atoms with van der Waals surface area (Å²) in [5.41, 5.74) is 7.37. The summed E-state index contributed by atoms with van der Waals surface area (Å²) in [7, 11) is 1.68. The van der Waals surface area contributed by atoms with Crippen molar-refractivity contribution in [1.29, 1.82) is 0 Å². The Labute approximate surface area is 135 Å². The molecule has 128 valence electrons. The molecule has 2 aromatic heterocycles. The number of aliphatic hydroxyl groups is 3. The fourth-order valence-corrected chi connectivity index (χ4v) is 2.78. The van der Waals surface area contributed by atoms with Crippen LogP contribution in [0, 0.1) is 0 Å². The average Bonchev–Trinajstić information content (AvgIpc) is 3.13. The topological polar surface area (TPSA) is 174 Å². The van der Waals surface area contributed by atoms with Gasteiger partial charge in [-0.15, -0.1) is 0 Å². The summed E-state index contributed by atoms with van der Waals surface area (Å²) in [6.45, 7) is -1.01. The van der Waals surface area contributed by atoms with Crippen molar-refractivity contribution in [1.82, 2.24) is 19.5 Å². The summed E-state index contributed by atoms with van der Waals surface area (Å²) < 4.78 is 7.00. The van der Waals surface area contributed by atoms with Gasteiger partial charge in [0, 0.05) is 12.0 Å². The van der Waals surface area contributed by atoms with Crippen molar-refractivity contribution >= 4 is 17.0 Å². The molecule has 1 fully saturated rings. The molecule has 1 saturated heterocycles. The van der Waals surface area contributed by atoms with Gasteiger partial charge in [0.1, 0.15) is 29.7 Å². The van der Waals surface area contributed by atoms with Gasteiger partial charge in [-0.05, 0) is 5.53 Å². The first-order chi connectivity index (χ1) is 11.6. The molecule has 0 aliphatic carbocycles. The van der Waals surface area contributed by atoms with Crippen LogP contribution in [0.2, 0.25) is 0 Å². The van der Waals surface area contributed by atoms with Crippen molar-refractivity contribution < 1.29 is 20.1 Å². The molecule has 0 spiro atoms. The molecule has 3 heterocycles. The van der Waals surface area contributed by atoms with E-state index in [9.17, 15) is 15.3 Å². The summed E-state index contributed by atoms with van der Waals surface area (Å²) in [5, 5.41) is 36.7. The number of nitrogens with one attached hydrogen (secondary N) is 1. The third-order valence-corrected chi connectivity index (χ3v) is 4.07. The number of aliphatic hydroxyl groups excluding tert-OH is 2. The summed E-state index contributed by atoms with van der Waals surface area (Å²) >= 11 is 0. The molecule has 1 aliphatic heterocycles. The van der Waals surface area contributed by atoms with Gasteiger partial charge in [-0.3, -0.25) is 4.57 Å². The van der Waals surface area contributed by atoms with Crippen LogP contribution in [0.25, 0.3) is 21.6 Å². The fraction of sp³-hybridized carbons (Fsp3) is 0.583. The number of rotatable bonds is 5. The van der Waals surface area contributed by atoms with Gasteiger partial charge >= 0.3 is 0 Å². The maximum atomic E-state index is 10.6. The number of imidazole rings is 1. The lowest BCUT2D eigenvalue weighted by Crippen LogP contribution is -2.51. The maximum Gasteiger partial charge on any atom is 0.167 e. The van der Waals surface area contributed by atoms with Crippen molar-refractivity contribution in [3.8, 4) is 0 Å². The van der Waals surface area contributed by atoms with E-state index < -0.39 is 37.2 Å². The Morgan fingerprint density at radius 3 is 2.96 bits per heavy atom. The van der Waals surface area contributed by atoms with Crippen LogP contribution in [-0.2, 0) is 4.74 Å². The van der Waals surface area contributed by atoms with Crippen molar-refractivity contribution in [2.45, 2.75) is 24.0 Å². The second-order valence-corrected chi connectivity index (χ2v) is 5.32. The Hall–Kier alpha value is -2.50. The first-order valence-electron chi connectivity index (χ1n) is 7.09. The van der Waals surface area contributed by atoms with E-state index in [1.807, 2.05) is 0 Å². The summed E-state index contributed by atoms with van der Waals surface area (Å²) in [6.07, 6.45) is -0.951. The van der Waals surface area contributed by atoms with Gasteiger partial charge in [-0.25, -0.2) is 15.0 Å². The van der Waals surface area contributed by atoms with Gasteiger partial charge in [0.15, 0.2) is 17.7 Å². The Balaban J connectivity index is 2.03. The average molecular weight is 336 g/mol. The highest BCUT2D eigenvalue weighted by molar-refractivity contribution is 5.82. The zero-order chi connectivity index (χ0) is 17.3. The van der Waals surface area contributed by atoms with Gasteiger partial charge in [-0.1, -0.05) is 5.11 Å². The highest BCUT2D eigenvalue weighted by atomic mass is 16.6. The molecule has 12 nitrogen and oxygen atoms in total. The Morgan fingerprint density at radius 2 is 2.29 bits per heavy atom. The Bertz CT molecular complexity index is 790. The monoisotopic (exact) mass is 336 g/mol. The molecule has 4 atom stereocenters. The van der Waals surface area contributed by atoms with Crippen LogP contribution in [0.5, 0.6) is 0 Å². The molecule has 4 N–H and O–H groups in total. The van der Waals surface area contributed by atoms with Gasteiger partial charge in [-0.2, -0.15) is 0 Å². The van der Waals surface area contributed by atoms with Crippen LogP contribution in [0.4, 0.5) is 5.82 Å². The molecule has 0 saturated carbocycles. The molecule has 0 bridgehead atoms. The van der Waals surface area contributed by atoms with Gasteiger partial charge < -0.3 is 25.4 Å². The largest absolute Gasteiger partial charge is 0.394 e. The summed E-state index contributed by atoms with van der Waals surface area (Å²) in [4.78, 5) is 14.9. The Kier molecular flexibility index (Phi) is 4.22. The SMILES string of the molecule is CNc1ncnc2c1ncn2[C@@H]1O[C@H](CO)[C@](O)(CN=[N+]=[N-])[C@H]1O. The predicted molar refractivity (Wildman–Crippen MR) is 80.8 cm³/mol. The van der Waals surface area contributed by atoms with E-state index in [1.54, 1.807) is 7.05 Å². The number of azide groups is 1. The van der Waals surface area contributed by atoms with Crippen molar-refractivity contribution in [3.63, 3.8) is 0 Å². The van der Waals surface area contributed by atoms with Gasteiger partial charge in [0.25, 0.3) is 0 Å². The van der Waals surface area contributed by atoms with E-state index in [-0.39, 0.29) is 0 Å². The normalized spacial score (nSPS) is 29.6. The van der Waals surface area contributed by atoms with E-state index >= 15 is 0 Å². The third kappa shape index (κ3) is 2.33. The minimum absolute atomic E-state index is 0.378. The molecule has 24 heavy (non-hydrogen) atoms.